The first-order valence-electron chi connectivity index (χ1n) is 26.2. The van der Waals surface area contributed by atoms with Crippen molar-refractivity contribution in [3.63, 3.8) is 0 Å². The van der Waals surface area contributed by atoms with Crippen LogP contribution in [0, 0.1) is 33.1 Å². The lowest BCUT2D eigenvalue weighted by molar-refractivity contribution is -0.144. The predicted octanol–water partition coefficient (Wildman–Crippen LogP) is 2.17. The number of nitrogens with zero attached hydrogens (tertiary/aromatic N) is 5. The molecular weight excluding hydrogens is 1100 g/mol. The number of thiophene rings is 2. The van der Waals surface area contributed by atoms with Crippen molar-refractivity contribution in [1.82, 2.24) is 56.9 Å². The number of hydrogen-bond acceptors (Lipinski definition) is 15. The number of carbonyl (C=O) groups is 9. The summed E-state index contributed by atoms with van der Waals surface area (Å²) in [6.45, 7) is 10.3. The number of primary amides is 1. The summed E-state index contributed by atoms with van der Waals surface area (Å²) in [4.78, 5) is 134. The number of benzene rings is 2. The number of nitrogens with one attached hydrogen (secondary N) is 7. The highest BCUT2D eigenvalue weighted by Crippen LogP contribution is 2.40. The topological polar surface area (TPSA) is 330 Å². The zero-order valence-corrected chi connectivity index (χ0v) is 48.0. The van der Waals surface area contributed by atoms with E-state index >= 15 is 0 Å². The van der Waals surface area contributed by atoms with Gasteiger partial charge in [0.05, 0.1) is 31.3 Å². The summed E-state index contributed by atoms with van der Waals surface area (Å²) in [5.41, 5.74) is 9.72. The van der Waals surface area contributed by atoms with Gasteiger partial charge in [0.15, 0.2) is 5.82 Å². The molecule has 26 heteroatoms. The minimum absolute atomic E-state index is 0.216. The molecule has 10 N–H and O–H groups in total. The fourth-order valence-corrected chi connectivity index (χ4v) is 12.1. The van der Waals surface area contributed by atoms with Crippen molar-refractivity contribution in [2.45, 2.75) is 117 Å². The Morgan fingerprint density at radius 3 is 2.14 bits per heavy atom. The van der Waals surface area contributed by atoms with E-state index in [9.17, 15) is 48.3 Å². The summed E-state index contributed by atoms with van der Waals surface area (Å²) >= 11 is 9.33. The second kappa shape index (κ2) is 24.9. The molecule has 9 amide bonds. The van der Waals surface area contributed by atoms with E-state index in [1.165, 1.54) is 22.7 Å². The lowest BCUT2D eigenvalue weighted by Gasteiger charge is -2.35. The second-order valence-electron chi connectivity index (χ2n) is 21.3. The first-order chi connectivity index (χ1) is 38.4. The Morgan fingerprint density at radius 1 is 0.815 bits per heavy atom. The summed E-state index contributed by atoms with van der Waals surface area (Å²) in [5.74, 6) is -6.74. The van der Waals surface area contributed by atoms with Crippen LogP contribution in [0.5, 0.6) is 0 Å². The number of rotatable bonds is 10. The van der Waals surface area contributed by atoms with Crippen LogP contribution in [0.25, 0.3) is 15.4 Å². The molecule has 0 unspecified atom stereocenters. The molecule has 0 radical (unpaired) electrons. The molecule has 23 nitrogen and oxygen atoms in total. The maximum Gasteiger partial charge on any atom is 0.247 e. The molecule has 5 aromatic rings. The normalized spacial score (nSPS) is 22.5. The van der Waals surface area contributed by atoms with Gasteiger partial charge in [-0.05, 0) is 85.4 Å². The van der Waals surface area contributed by atoms with Crippen molar-refractivity contribution in [2.75, 3.05) is 26.2 Å². The molecule has 3 aliphatic rings. The largest absolute Gasteiger partial charge is 0.391 e. The monoisotopic (exact) mass is 1170 g/mol. The molecule has 8 rings (SSSR count). The maximum atomic E-state index is 14.5. The van der Waals surface area contributed by atoms with Crippen molar-refractivity contribution >= 4 is 93.2 Å². The van der Waals surface area contributed by atoms with E-state index in [1.807, 2.05) is 48.9 Å². The van der Waals surface area contributed by atoms with Gasteiger partial charge in [-0.25, -0.2) is 0 Å². The average Bonchev–Trinajstić information content (AvgIpc) is 4.29. The van der Waals surface area contributed by atoms with Crippen LogP contribution >= 0.6 is 34.3 Å². The second-order valence-corrected chi connectivity index (χ2v) is 23.8. The van der Waals surface area contributed by atoms with Crippen molar-refractivity contribution in [3.8, 4) is 15.4 Å². The van der Waals surface area contributed by atoms with E-state index in [1.54, 1.807) is 64.1 Å². The van der Waals surface area contributed by atoms with E-state index in [0.29, 0.717) is 27.9 Å². The van der Waals surface area contributed by atoms with Crippen LogP contribution in [0.4, 0.5) is 0 Å². The fraction of sp³-hybridized carbons (Fsp3) is 0.418. The number of amides is 9. The average molecular weight is 1170 g/mol. The minimum atomic E-state index is -1.66. The Balaban J connectivity index is 1.10. The van der Waals surface area contributed by atoms with Gasteiger partial charge in [0.1, 0.15) is 47.1 Å². The molecule has 7 atom stereocenters. The number of aromatic nitrogens is 3. The Kier molecular flexibility index (Phi) is 18.2. The third kappa shape index (κ3) is 13.7. The van der Waals surface area contributed by atoms with Crippen LogP contribution in [0.1, 0.15) is 103 Å². The number of fused-ring (bicyclic) bond motifs is 4. The van der Waals surface area contributed by atoms with E-state index in [0.717, 1.165) is 47.5 Å². The van der Waals surface area contributed by atoms with Crippen LogP contribution in [-0.2, 0) is 43.2 Å². The Hall–Kier alpha value is -7.87. The third-order valence-electron chi connectivity index (χ3n) is 14.2. The SMILES string of the molecule is Cc1ccsc1-c1ccc([C@@H]2NC(=O)[C@@H]3C[C@@H](O)CN3C(=O)[C@H](C(C)(C)C)NC(=O)CNC(=O)[C@H](CCC(N)=O)NC(=O)[C@@H](CNC(=O)C[C@@H]3N=C(c4ccc(Cl)cc4)c4c(sc(C)c4C)-n4c(C)nnc43)NC(=O)CNC2=O)cc1. The molecule has 81 heavy (non-hydrogen) atoms. The van der Waals surface area contributed by atoms with Gasteiger partial charge in [0.25, 0.3) is 0 Å². The third-order valence-corrected chi connectivity index (χ3v) is 16.8. The predicted molar refractivity (Wildman–Crippen MR) is 302 cm³/mol. The molecule has 2 saturated heterocycles. The number of nitrogens with two attached hydrogens (primary N) is 1. The van der Waals surface area contributed by atoms with Gasteiger partial charge in [0, 0.05) is 51.8 Å². The number of aliphatic imine (C=N–C) groups is 1. The zero-order chi connectivity index (χ0) is 58.6. The van der Waals surface area contributed by atoms with E-state index in [4.69, 9.17) is 22.3 Å². The lowest BCUT2D eigenvalue weighted by Crippen LogP contribution is -2.59. The molecule has 428 valence electrons. The summed E-state index contributed by atoms with van der Waals surface area (Å²) < 4.78 is 1.86. The quantitative estimate of drug-likeness (QED) is 0.0972. The molecule has 3 aliphatic heterocycles. The van der Waals surface area contributed by atoms with Crippen molar-refractivity contribution < 1.29 is 48.3 Å². The number of carbonyl (C=O) groups excluding carboxylic acids is 9. The first-order valence-corrected chi connectivity index (χ1v) is 28.2. The highest BCUT2D eigenvalue weighted by Gasteiger charge is 2.46. The number of aliphatic hydroxyl groups is 1. The molecule has 2 fully saturated rings. The zero-order valence-electron chi connectivity index (χ0n) is 45.6. The molecule has 0 saturated carbocycles. The summed E-state index contributed by atoms with van der Waals surface area (Å²) in [6, 6.07) is 7.65. The standard InChI is InChI=1S/C55H64ClN13O10S2/c1-26-18-19-80-46(26)32-10-8-31(9-11-32)45-52(78)60-23-41(73)61-37(22-58-40(72)21-36-48-67-66-29(4)69(48)54-43(27(2)28(3)81-54)44(62-36)30-12-14-33(56)15-13-30)50(76)63-35(16-17-39(57)71)49(75)59-24-42(74)64-47(55(5,6)7)53(79)68-25-34(70)20-38(68)51(77)65-45/h8-15,18-19,34-38,45,47,70H,16-17,20-25H2,1-7H3,(H2,57,71)(H,58,72)(H,59,75)(H,60,78)(H,61,73)(H,63,76)(H,64,74)(H,65,77)/t34-,35+,36+,37-,38+,45+,47-/m1/s1. The van der Waals surface area contributed by atoms with Crippen LogP contribution < -0.4 is 43.0 Å². The van der Waals surface area contributed by atoms with Gasteiger partial charge in [-0.3, -0.25) is 52.7 Å². The van der Waals surface area contributed by atoms with E-state index in [-0.39, 0.29) is 25.8 Å². The molecule has 0 bridgehead atoms. The summed E-state index contributed by atoms with van der Waals surface area (Å²) in [7, 11) is 0. The number of halogens is 1. The van der Waals surface area contributed by atoms with Crippen LogP contribution in [-0.4, -0.2) is 140 Å². The minimum Gasteiger partial charge on any atom is -0.391 e. The van der Waals surface area contributed by atoms with Crippen molar-refractivity contribution in [1.29, 1.82) is 0 Å². The molecule has 2 aromatic carbocycles. The van der Waals surface area contributed by atoms with E-state index in [2.05, 4.69) is 47.4 Å². The molecule has 6 heterocycles. The van der Waals surface area contributed by atoms with Gasteiger partial charge in [-0.15, -0.1) is 32.9 Å². The highest BCUT2D eigenvalue weighted by molar-refractivity contribution is 7.15. The maximum absolute atomic E-state index is 14.5. The Morgan fingerprint density at radius 2 is 1.48 bits per heavy atom. The summed E-state index contributed by atoms with van der Waals surface area (Å²) in [6.07, 6.45) is -2.48. The van der Waals surface area contributed by atoms with Gasteiger partial charge in [0.2, 0.25) is 53.2 Å². The number of hydrogen-bond donors (Lipinski definition) is 9. The first kappa shape index (κ1) is 59.3. The lowest BCUT2D eigenvalue weighted by atomic mass is 9.85. The highest BCUT2D eigenvalue weighted by atomic mass is 35.5. The molecule has 0 aliphatic carbocycles. The van der Waals surface area contributed by atoms with Crippen LogP contribution in [0.2, 0.25) is 5.02 Å². The Bertz CT molecular complexity index is 3310. The molecule has 3 aromatic heterocycles. The van der Waals surface area contributed by atoms with Crippen LogP contribution in [0.3, 0.4) is 0 Å². The van der Waals surface area contributed by atoms with E-state index < -0.39 is 127 Å². The van der Waals surface area contributed by atoms with Crippen molar-refractivity contribution in [2.24, 2.45) is 16.1 Å². The number of aliphatic hydroxyl groups excluding tert-OH is 1. The van der Waals surface area contributed by atoms with Crippen LogP contribution in [0.15, 0.2) is 65.0 Å². The summed E-state index contributed by atoms with van der Waals surface area (Å²) in [5, 5.41) is 41.1. The van der Waals surface area contributed by atoms with Crippen molar-refractivity contribution in [3.05, 3.63) is 109 Å². The molecule has 0 spiro atoms. The van der Waals surface area contributed by atoms with Gasteiger partial charge < -0.3 is 53.0 Å². The smallest absolute Gasteiger partial charge is 0.247 e. The van der Waals surface area contributed by atoms with Gasteiger partial charge >= 0.3 is 0 Å². The van der Waals surface area contributed by atoms with Gasteiger partial charge in [-0.2, -0.15) is 0 Å². The molecular formula is C55H64ClN13O10S2. The number of aryl methyl sites for hydroxylation is 3. The Labute approximate surface area is 479 Å². The fourth-order valence-electron chi connectivity index (χ4n) is 9.81. The van der Waals surface area contributed by atoms with Gasteiger partial charge in [-0.1, -0.05) is 68.8 Å².